The van der Waals surface area contributed by atoms with Crippen LogP contribution in [0.25, 0.3) is 0 Å². The average molecular weight is 402 g/mol. The molecule has 0 saturated carbocycles. The number of benzene rings is 3. The van der Waals surface area contributed by atoms with Gasteiger partial charge in [-0.15, -0.1) is 0 Å². The normalized spacial score (nSPS) is 10.6. The van der Waals surface area contributed by atoms with Crippen molar-refractivity contribution in [3.8, 4) is 11.5 Å². The molecule has 0 radical (unpaired) electrons. The van der Waals surface area contributed by atoms with Gasteiger partial charge in [-0.05, 0) is 123 Å². The lowest BCUT2D eigenvalue weighted by Gasteiger charge is -2.10. The van der Waals surface area contributed by atoms with E-state index in [-0.39, 0.29) is 0 Å². The Hall–Kier alpha value is -3.40. The maximum absolute atomic E-state index is 12.5. The van der Waals surface area contributed by atoms with E-state index in [0.717, 1.165) is 33.4 Å². The molecule has 4 nitrogen and oxygen atoms in total. The standard InChI is InChI=1S/C26H26O4/c1-15-11-21(12-16(2)19(15)5)25(27)29-23-7-9-24(10-8-23)30-26(28)22-13-17(3)20(6)18(4)14-22/h7-14H,1-6H3. The van der Waals surface area contributed by atoms with Gasteiger partial charge in [-0.1, -0.05) is 0 Å². The molecule has 154 valence electrons. The van der Waals surface area contributed by atoms with E-state index in [0.29, 0.717) is 22.6 Å². The highest BCUT2D eigenvalue weighted by molar-refractivity contribution is 5.92. The number of carbonyl (C=O) groups is 2. The summed E-state index contributed by atoms with van der Waals surface area (Å²) in [4.78, 5) is 24.9. The van der Waals surface area contributed by atoms with E-state index >= 15 is 0 Å². The molecule has 0 atom stereocenters. The first-order valence-corrected chi connectivity index (χ1v) is 9.86. The second-order valence-electron chi connectivity index (χ2n) is 7.72. The number of esters is 2. The van der Waals surface area contributed by atoms with Crippen LogP contribution in [-0.4, -0.2) is 11.9 Å². The van der Waals surface area contributed by atoms with Gasteiger partial charge in [0.15, 0.2) is 0 Å². The maximum atomic E-state index is 12.5. The topological polar surface area (TPSA) is 52.6 Å². The number of ether oxygens (including phenoxy) is 2. The van der Waals surface area contributed by atoms with Gasteiger partial charge in [0.1, 0.15) is 11.5 Å². The van der Waals surface area contributed by atoms with Crippen molar-refractivity contribution in [3.63, 3.8) is 0 Å². The lowest BCUT2D eigenvalue weighted by Crippen LogP contribution is -2.11. The van der Waals surface area contributed by atoms with Crippen molar-refractivity contribution < 1.29 is 19.1 Å². The molecule has 0 N–H and O–H groups in total. The van der Waals surface area contributed by atoms with Crippen LogP contribution in [0.2, 0.25) is 0 Å². The molecule has 0 amide bonds. The third-order valence-electron chi connectivity index (χ3n) is 5.57. The zero-order valence-corrected chi connectivity index (χ0v) is 18.3. The van der Waals surface area contributed by atoms with Crippen LogP contribution in [0.4, 0.5) is 0 Å². The number of aryl methyl sites for hydroxylation is 4. The fourth-order valence-electron chi connectivity index (χ4n) is 3.21. The van der Waals surface area contributed by atoms with Gasteiger partial charge in [0.25, 0.3) is 0 Å². The van der Waals surface area contributed by atoms with Gasteiger partial charge in [0.05, 0.1) is 11.1 Å². The first kappa shape index (κ1) is 21.3. The number of carbonyl (C=O) groups excluding carboxylic acids is 2. The summed E-state index contributed by atoms with van der Waals surface area (Å²) >= 11 is 0. The predicted molar refractivity (Wildman–Crippen MR) is 118 cm³/mol. The zero-order valence-electron chi connectivity index (χ0n) is 18.3. The predicted octanol–water partition coefficient (Wildman–Crippen LogP) is 5.98. The molecule has 0 bridgehead atoms. The Morgan fingerprint density at radius 2 is 0.800 bits per heavy atom. The summed E-state index contributed by atoms with van der Waals surface area (Å²) in [6.07, 6.45) is 0. The highest BCUT2D eigenvalue weighted by Crippen LogP contribution is 2.22. The van der Waals surface area contributed by atoms with Gasteiger partial charge in [-0.3, -0.25) is 0 Å². The van der Waals surface area contributed by atoms with Crippen LogP contribution in [0.5, 0.6) is 11.5 Å². The Kier molecular flexibility index (Phi) is 6.06. The monoisotopic (exact) mass is 402 g/mol. The maximum Gasteiger partial charge on any atom is 0.343 e. The molecule has 0 aliphatic heterocycles. The third-order valence-corrected chi connectivity index (χ3v) is 5.57. The third kappa shape index (κ3) is 4.60. The van der Waals surface area contributed by atoms with Crippen molar-refractivity contribution in [2.75, 3.05) is 0 Å². The molecule has 3 aromatic carbocycles. The van der Waals surface area contributed by atoms with Crippen LogP contribution < -0.4 is 9.47 Å². The van der Waals surface area contributed by atoms with Crippen LogP contribution in [0.15, 0.2) is 48.5 Å². The summed E-state index contributed by atoms with van der Waals surface area (Å²) in [6.45, 7) is 11.9. The molecule has 0 aromatic heterocycles. The molecule has 0 fully saturated rings. The van der Waals surface area contributed by atoms with Crippen LogP contribution in [0, 0.1) is 41.5 Å². The van der Waals surface area contributed by atoms with Crippen molar-refractivity contribution in [2.24, 2.45) is 0 Å². The Morgan fingerprint density at radius 1 is 0.533 bits per heavy atom. The van der Waals surface area contributed by atoms with Gasteiger partial charge in [0, 0.05) is 0 Å². The van der Waals surface area contributed by atoms with Crippen LogP contribution in [0.1, 0.15) is 54.1 Å². The van der Waals surface area contributed by atoms with E-state index in [9.17, 15) is 9.59 Å². The Bertz CT molecular complexity index is 988. The Balaban J connectivity index is 1.69. The van der Waals surface area contributed by atoms with E-state index in [2.05, 4.69) is 0 Å². The minimum atomic E-state index is -0.420. The van der Waals surface area contributed by atoms with Gasteiger partial charge in [-0.25, -0.2) is 9.59 Å². The number of hydrogen-bond acceptors (Lipinski definition) is 4. The summed E-state index contributed by atoms with van der Waals surface area (Å²) in [5.41, 5.74) is 7.54. The fraction of sp³-hybridized carbons (Fsp3) is 0.231. The molecule has 0 unspecified atom stereocenters. The molecule has 4 heteroatoms. The summed E-state index contributed by atoms with van der Waals surface area (Å²) in [6, 6.07) is 13.7. The molecule has 30 heavy (non-hydrogen) atoms. The van der Waals surface area contributed by atoms with Gasteiger partial charge < -0.3 is 9.47 Å². The van der Waals surface area contributed by atoms with Crippen molar-refractivity contribution in [1.29, 1.82) is 0 Å². The molecule has 0 spiro atoms. The molecular weight excluding hydrogens is 376 g/mol. The second kappa shape index (κ2) is 8.54. The van der Waals surface area contributed by atoms with Crippen molar-refractivity contribution >= 4 is 11.9 Å². The van der Waals surface area contributed by atoms with Gasteiger partial charge in [0.2, 0.25) is 0 Å². The summed E-state index contributed by atoms with van der Waals surface area (Å²) in [5.74, 6) is -0.0662. The van der Waals surface area contributed by atoms with Crippen LogP contribution >= 0.6 is 0 Å². The molecule has 3 rings (SSSR count). The Labute approximate surface area is 177 Å². The highest BCUT2D eigenvalue weighted by atomic mass is 16.5. The number of hydrogen-bond donors (Lipinski definition) is 0. The van der Waals surface area contributed by atoms with Gasteiger partial charge in [-0.2, -0.15) is 0 Å². The minimum absolute atomic E-state index is 0.387. The van der Waals surface area contributed by atoms with E-state index in [1.165, 1.54) is 0 Å². The lowest BCUT2D eigenvalue weighted by atomic mass is 10.0. The zero-order chi connectivity index (χ0) is 22.0. The minimum Gasteiger partial charge on any atom is -0.423 e. The van der Waals surface area contributed by atoms with Crippen LogP contribution in [0.3, 0.4) is 0 Å². The summed E-state index contributed by atoms with van der Waals surface area (Å²) in [7, 11) is 0. The molecule has 0 heterocycles. The van der Waals surface area contributed by atoms with E-state index < -0.39 is 11.9 Å². The van der Waals surface area contributed by atoms with Gasteiger partial charge >= 0.3 is 11.9 Å². The Morgan fingerprint density at radius 3 is 1.07 bits per heavy atom. The first-order chi connectivity index (χ1) is 14.2. The first-order valence-electron chi connectivity index (χ1n) is 9.86. The SMILES string of the molecule is Cc1cc(C(=O)Oc2ccc(OC(=O)c3cc(C)c(C)c(C)c3)cc2)cc(C)c1C. The molecule has 0 aliphatic carbocycles. The van der Waals surface area contributed by atoms with Crippen molar-refractivity contribution in [2.45, 2.75) is 41.5 Å². The summed E-state index contributed by atoms with van der Waals surface area (Å²) < 4.78 is 10.9. The molecule has 3 aromatic rings. The van der Waals surface area contributed by atoms with E-state index in [4.69, 9.17) is 9.47 Å². The molecule has 0 saturated heterocycles. The van der Waals surface area contributed by atoms with E-state index in [1.54, 1.807) is 24.3 Å². The smallest absolute Gasteiger partial charge is 0.343 e. The van der Waals surface area contributed by atoms with Crippen LogP contribution in [-0.2, 0) is 0 Å². The average Bonchev–Trinajstić information content (AvgIpc) is 2.70. The van der Waals surface area contributed by atoms with Crippen molar-refractivity contribution in [1.82, 2.24) is 0 Å². The highest BCUT2D eigenvalue weighted by Gasteiger charge is 2.14. The lowest BCUT2D eigenvalue weighted by molar-refractivity contribution is 0.0719. The second-order valence-corrected chi connectivity index (χ2v) is 7.72. The summed E-state index contributed by atoms with van der Waals surface area (Å²) in [5, 5.41) is 0. The molecule has 0 aliphatic rings. The molecular formula is C26H26O4. The van der Waals surface area contributed by atoms with Crippen molar-refractivity contribution in [3.05, 3.63) is 93.0 Å². The quantitative estimate of drug-likeness (QED) is 0.398. The van der Waals surface area contributed by atoms with E-state index in [1.807, 2.05) is 65.8 Å². The number of rotatable bonds is 4. The largest absolute Gasteiger partial charge is 0.423 e. The fourth-order valence-corrected chi connectivity index (χ4v) is 3.21.